The fourth-order valence-electron chi connectivity index (χ4n) is 3.02. The third-order valence-electron chi connectivity index (χ3n) is 4.32. The summed E-state index contributed by atoms with van der Waals surface area (Å²) in [6, 6.07) is 7.01. The first-order chi connectivity index (χ1) is 11.0. The first-order valence-corrected chi connectivity index (χ1v) is 8.03. The lowest BCUT2D eigenvalue weighted by atomic mass is 10.1. The van der Waals surface area contributed by atoms with Crippen molar-refractivity contribution in [2.45, 2.75) is 19.9 Å². The molecule has 2 aromatic rings. The van der Waals surface area contributed by atoms with E-state index >= 15 is 0 Å². The molecule has 1 aliphatic heterocycles. The predicted molar refractivity (Wildman–Crippen MR) is 92.4 cm³/mol. The molecule has 0 saturated carbocycles. The molecule has 1 N–H and O–H groups in total. The SMILES string of the molecule is CNCc1cc(F)c(Cl)cc1Oc1ccc2c(c1C)CCN2C. The maximum atomic E-state index is 13.7. The summed E-state index contributed by atoms with van der Waals surface area (Å²) in [5, 5.41) is 3.09. The van der Waals surface area contributed by atoms with E-state index in [0.717, 1.165) is 29.8 Å². The van der Waals surface area contributed by atoms with Gasteiger partial charge >= 0.3 is 0 Å². The van der Waals surface area contributed by atoms with Crippen LogP contribution in [0.15, 0.2) is 24.3 Å². The topological polar surface area (TPSA) is 24.5 Å². The van der Waals surface area contributed by atoms with Gasteiger partial charge in [0.05, 0.1) is 5.02 Å². The van der Waals surface area contributed by atoms with Crippen molar-refractivity contribution in [3.63, 3.8) is 0 Å². The zero-order valence-electron chi connectivity index (χ0n) is 13.5. The van der Waals surface area contributed by atoms with Crippen LogP contribution in [0.25, 0.3) is 0 Å². The van der Waals surface area contributed by atoms with Crippen LogP contribution in [0, 0.1) is 12.7 Å². The van der Waals surface area contributed by atoms with Crippen molar-refractivity contribution in [2.24, 2.45) is 0 Å². The van der Waals surface area contributed by atoms with Gasteiger partial charge in [-0.3, -0.25) is 0 Å². The molecule has 0 aromatic heterocycles. The Morgan fingerprint density at radius 2 is 2.09 bits per heavy atom. The first-order valence-electron chi connectivity index (χ1n) is 7.65. The Hall–Kier alpha value is -1.78. The molecule has 0 amide bonds. The second kappa shape index (κ2) is 6.38. The lowest BCUT2D eigenvalue weighted by Gasteiger charge is -2.17. The molecule has 2 aromatic carbocycles. The lowest BCUT2D eigenvalue weighted by Crippen LogP contribution is -2.12. The fourth-order valence-corrected chi connectivity index (χ4v) is 3.17. The summed E-state index contributed by atoms with van der Waals surface area (Å²) in [6.45, 7) is 3.60. The molecule has 3 rings (SSSR count). The number of anilines is 1. The van der Waals surface area contributed by atoms with E-state index in [4.69, 9.17) is 16.3 Å². The van der Waals surface area contributed by atoms with E-state index in [1.807, 2.05) is 13.1 Å². The third-order valence-corrected chi connectivity index (χ3v) is 4.61. The van der Waals surface area contributed by atoms with Gasteiger partial charge in [-0.1, -0.05) is 11.6 Å². The summed E-state index contributed by atoms with van der Waals surface area (Å²) >= 11 is 5.92. The Morgan fingerprint density at radius 3 is 2.83 bits per heavy atom. The molecule has 0 atom stereocenters. The fraction of sp³-hybridized carbons (Fsp3) is 0.333. The highest BCUT2D eigenvalue weighted by molar-refractivity contribution is 6.30. The quantitative estimate of drug-likeness (QED) is 0.902. The Balaban J connectivity index is 1.98. The first kappa shape index (κ1) is 16.1. The molecule has 122 valence electrons. The molecule has 3 nitrogen and oxygen atoms in total. The second-order valence-corrected chi connectivity index (χ2v) is 6.27. The highest BCUT2D eigenvalue weighted by Crippen LogP contribution is 2.38. The predicted octanol–water partition coefficient (Wildman–Crippen LogP) is 4.29. The van der Waals surface area contributed by atoms with Crippen LogP contribution >= 0.6 is 11.6 Å². The van der Waals surface area contributed by atoms with Crippen molar-refractivity contribution in [1.82, 2.24) is 5.32 Å². The van der Waals surface area contributed by atoms with Gasteiger partial charge in [0, 0.05) is 37.5 Å². The van der Waals surface area contributed by atoms with Crippen molar-refractivity contribution in [3.05, 3.63) is 51.8 Å². The van der Waals surface area contributed by atoms with Gasteiger partial charge in [0.15, 0.2) is 0 Å². The van der Waals surface area contributed by atoms with Crippen LogP contribution in [0.1, 0.15) is 16.7 Å². The van der Waals surface area contributed by atoms with Crippen LogP contribution in [0.2, 0.25) is 5.02 Å². The number of halogens is 2. The number of ether oxygens (including phenoxy) is 1. The summed E-state index contributed by atoms with van der Waals surface area (Å²) in [4.78, 5) is 2.24. The number of fused-ring (bicyclic) bond motifs is 1. The van der Waals surface area contributed by atoms with Crippen molar-refractivity contribution < 1.29 is 9.13 Å². The van der Waals surface area contributed by atoms with Crippen LogP contribution in [0.4, 0.5) is 10.1 Å². The molecule has 1 heterocycles. The Morgan fingerprint density at radius 1 is 1.30 bits per heavy atom. The smallest absolute Gasteiger partial charge is 0.142 e. The molecule has 0 unspecified atom stereocenters. The van der Waals surface area contributed by atoms with Gasteiger partial charge in [-0.25, -0.2) is 4.39 Å². The molecule has 0 radical (unpaired) electrons. The average Bonchev–Trinajstić information content (AvgIpc) is 2.89. The van der Waals surface area contributed by atoms with Crippen LogP contribution in [-0.4, -0.2) is 20.6 Å². The van der Waals surface area contributed by atoms with Crippen LogP contribution in [0.5, 0.6) is 11.5 Å². The highest BCUT2D eigenvalue weighted by atomic mass is 35.5. The molecule has 0 aliphatic carbocycles. The molecule has 0 spiro atoms. The normalized spacial score (nSPS) is 13.3. The van der Waals surface area contributed by atoms with E-state index in [0.29, 0.717) is 12.3 Å². The molecule has 23 heavy (non-hydrogen) atoms. The van der Waals surface area contributed by atoms with Gasteiger partial charge in [0.2, 0.25) is 0 Å². The Kier molecular flexibility index (Phi) is 4.46. The lowest BCUT2D eigenvalue weighted by molar-refractivity contribution is 0.467. The van der Waals surface area contributed by atoms with Crippen molar-refractivity contribution >= 4 is 17.3 Å². The maximum absolute atomic E-state index is 13.7. The second-order valence-electron chi connectivity index (χ2n) is 5.86. The summed E-state index contributed by atoms with van der Waals surface area (Å²) < 4.78 is 19.8. The monoisotopic (exact) mass is 334 g/mol. The standard InChI is InChI=1S/C18H20ClFN2O/c1-11-13-6-7-22(3)16(13)4-5-17(11)23-18-9-14(19)15(20)8-12(18)10-21-2/h4-5,8-9,21H,6-7,10H2,1-3H3. The Labute approximate surface area is 141 Å². The van der Waals surface area contributed by atoms with E-state index in [1.165, 1.54) is 17.3 Å². The number of rotatable bonds is 4. The maximum Gasteiger partial charge on any atom is 0.142 e. The summed E-state index contributed by atoms with van der Waals surface area (Å²) in [5.41, 5.74) is 4.44. The van der Waals surface area contributed by atoms with Gasteiger partial charge in [0.1, 0.15) is 17.3 Å². The number of hydrogen-bond acceptors (Lipinski definition) is 3. The van der Waals surface area contributed by atoms with Crippen molar-refractivity contribution in [3.8, 4) is 11.5 Å². The number of hydrogen-bond donors (Lipinski definition) is 1. The van der Waals surface area contributed by atoms with E-state index in [1.54, 1.807) is 6.07 Å². The van der Waals surface area contributed by atoms with Crippen LogP contribution in [-0.2, 0) is 13.0 Å². The van der Waals surface area contributed by atoms with Crippen LogP contribution in [0.3, 0.4) is 0 Å². The molecular weight excluding hydrogens is 315 g/mol. The van der Waals surface area contributed by atoms with Gasteiger partial charge in [-0.2, -0.15) is 0 Å². The zero-order valence-corrected chi connectivity index (χ0v) is 14.3. The average molecular weight is 335 g/mol. The largest absolute Gasteiger partial charge is 0.457 e. The van der Waals surface area contributed by atoms with Crippen molar-refractivity contribution in [2.75, 3.05) is 25.5 Å². The summed E-state index contributed by atoms with van der Waals surface area (Å²) in [6.07, 6.45) is 1.02. The van der Waals surface area contributed by atoms with E-state index < -0.39 is 5.82 Å². The van der Waals surface area contributed by atoms with Crippen molar-refractivity contribution in [1.29, 1.82) is 0 Å². The molecule has 0 fully saturated rings. The molecular formula is C18H20ClFN2O. The zero-order chi connectivity index (χ0) is 16.6. The number of nitrogens with one attached hydrogen (secondary N) is 1. The van der Waals surface area contributed by atoms with E-state index in [-0.39, 0.29) is 5.02 Å². The molecule has 0 saturated heterocycles. The van der Waals surface area contributed by atoms with Gasteiger partial charge < -0.3 is 15.0 Å². The van der Waals surface area contributed by atoms with E-state index in [2.05, 4.69) is 30.3 Å². The minimum absolute atomic E-state index is 0.0680. The summed E-state index contributed by atoms with van der Waals surface area (Å²) in [7, 11) is 3.91. The number of benzene rings is 2. The third kappa shape index (κ3) is 3.01. The Bertz CT molecular complexity index is 748. The van der Waals surface area contributed by atoms with Crippen LogP contribution < -0.4 is 15.0 Å². The minimum atomic E-state index is -0.434. The molecule has 1 aliphatic rings. The molecule has 0 bridgehead atoms. The molecule has 5 heteroatoms. The van der Waals surface area contributed by atoms with Gasteiger partial charge in [-0.05, 0) is 49.7 Å². The van der Waals surface area contributed by atoms with Gasteiger partial charge in [0.25, 0.3) is 0 Å². The number of likely N-dealkylation sites (N-methyl/N-ethyl adjacent to an activating group) is 1. The van der Waals surface area contributed by atoms with Gasteiger partial charge in [-0.15, -0.1) is 0 Å². The van der Waals surface area contributed by atoms with E-state index in [9.17, 15) is 4.39 Å². The minimum Gasteiger partial charge on any atom is -0.457 e. The number of nitrogens with zero attached hydrogens (tertiary/aromatic N) is 1. The highest BCUT2D eigenvalue weighted by Gasteiger charge is 2.20. The summed E-state index contributed by atoms with van der Waals surface area (Å²) in [5.74, 6) is 0.941.